The molecule has 2 heterocycles. The lowest BCUT2D eigenvalue weighted by Crippen LogP contribution is -2.29. The molecular weight excluding hydrogens is 428 g/mol. The van der Waals surface area contributed by atoms with Gasteiger partial charge in [-0.15, -0.1) is 0 Å². The molecule has 0 aliphatic carbocycles. The number of hydrogen-bond acceptors (Lipinski definition) is 4. The van der Waals surface area contributed by atoms with Gasteiger partial charge in [0.2, 0.25) is 0 Å². The molecule has 0 spiro atoms. The maximum absolute atomic E-state index is 13.7. The minimum atomic E-state index is -1.12. The second-order valence-electron chi connectivity index (χ2n) is 7.18. The number of benzene rings is 2. The SMILES string of the molecule is Cc1ccc(C2/C(=C(/O)c3ccc(F)c(C)c3)C(=O)C(=O)N2c2ccc(F)c(Cl)c2)o1. The van der Waals surface area contributed by atoms with E-state index in [0.717, 1.165) is 17.0 Å². The number of aliphatic hydroxyl groups is 1. The molecule has 8 heteroatoms. The van der Waals surface area contributed by atoms with E-state index in [2.05, 4.69) is 0 Å². The summed E-state index contributed by atoms with van der Waals surface area (Å²) in [5.74, 6) is -2.80. The monoisotopic (exact) mass is 443 g/mol. The van der Waals surface area contributed by atoms with E-state index < -0.39 is 35.1 Å². The van der Waals surface area contributed by atoms with Gasteiger partial charge in [0.25, 0.3) is 11.7 Å². The summed E-state index contributed by atoms with van der Waals surface area (Å²) in [6.45, 7) is 3.20. The van der Waals surface area contributed by atoms with Crippen LogP contribution in [0.5, 0.6) is 0 Å². The first kappa shape index (κ1) is 20.8. The molecule has 3 aromatic rings. The van der Waals surface area contributed by atoms with E-state index in [1.807, 2.05) is 0 Å². The highest BCUT2D eigenvalue weighted by Gasteiger charge is 2.48. The topological polar surface area (TPSA) is 70.8 Å². The first-order valence-electron chi connectivity index (χ1n) is 9.28. The molecule has 5 nitrogen and oxygen atoms in total. The van der Waals surface area contributed by atoms with Gasteiger partial charge >= 0.3 is 0 Å². The summed E-state index contributed by atoms with van der Waals surface area (Å²) in [5, 5.41) is 10.7. The molecule has 1 aliphatic heterocycles. The van der Waals surface area contributed by atoms with Crippen LogP contribution in [-0.2, 0) is 9.59 Å². The van der Waals surface area contributed by atoms with Crippen LogP contribution in [0.25, 0.3) is 5.76 Å². The van der Waals surface area contributed by atoms with Crippen molar-refractivity contribution in [3.63, 3.8) is 0 Å². The Morgan fingerprint density at radius 1 is 1.03 bits per heavy atom. The van der Waals surface area contributed by atoms with Crippen LogP contribution in [0.4, 0.5) is 14.5 Å². The molecule has 2 aromatic carbocycles. The standard InChI is InChI=1S/C23H16ClF2NO4/c1-11-9-13(4-6-16(11)25)21(28)19-20(18-8-3-12(2)31-18)27(23(30)22(19)29)14-5-7-17(26)15(24)10-14/h3-10,20,28H,1-2H3/b21-19-. The Morgan fingerprint density at radius 3 is 2.35 bits per heavy atom. The number of halogens is 3. The Morgan fingerprint density at radius 2 is 1.74 bits per heavy atom. The van der Waals surface area contributed by atoms with Gasteiger partial charge in [0.15, 0.2) is 0 Å². The smallest absolute Gasteiger partial charge is 0.300 e. The lowest BCUT2D eigenvalue weighted by atomic mass is 9.98. The van der Waals surface area contributed by atoms with Crippen molar-refractivity contribution in [2.75, 3.05) is 4.90 Å². The zero-order valence-corrected chi connectivity index (χ0v) is 17.2. The third-order valence-electron chi connectivity index (χ3n) is 5.09. The molecule has 1 amide bonds. The van der Waals surface area contributed by atoms with Crippen LogP contribution in [0.1, 0.15) is 28.7 Å². The Labute approximate surface area is 181 Å². The number of carbonyl (C=O) groups is 2. The molecule has 1 atom stereocenters. The highest BCUT2D eigenvalue weighted by Crippen LogP contribution is 2.43. The van der Waals surface area contributed by atoms with Crippen molar-refractivity contribution in [2.24, 2.45) is 0 Å². The maximum atomic E-state index is 13.7. The number of anilines is 1. The normalized spacial score (nSPS) is 18.1. The van der Waals surface area contributed by atoms with Crippen molar-refractivity contribution in [1.29, 1.82) is 0 Å². The molecule has 31 heavy (non-hydrogen) atoms. The molecule has 158 valence electrons. The van der Waals surface area contributed by atoms with E-state index in [1.165, 1.54) is 31.2 Å². The van der Waals surface area contributed by atoms with Crippen LogP contribution in [0.3, 0.4) is 0 Å². The third kappa shape index (κ3) is 3.51. The van der Waals surface area contributed by atoms with Crippen molar-refractivity contribution < 1.29 is 27.9 Å². The largest absolute Gasteiger partial charge is 0.507 e. The molecule has 1 unspecified atom stereocenters. The van der Waals surface area contributed by atoms with Gasteiger partial charge in [0.05, 0.1) is 10.6 Å². The minimum absolute atomic E-state index is 0.155. The lowest BCUT2D eigenvalue weighted by molar-refractivity contribution is -0.132. The number of hydrogen-bond donors (Lipinski definition) is 1. The van der Waals surface area contributed by atoms with Gasteiger partial charge in [-0.1, -0.05) is 11.6 Å². The summed E-state index contributed by atoms with van der Waals surface area (Å²) in [7, 11) is 0. The molecular formula is C23H16ClF2NO4. The highest BCUT2D eigenvalue weighted by atomic mass is 35.5. The van der Waals surface area contributed by atoms with E-state index in [9.17, 15) is 23.5 Å². The zero-order chi connectivity index (χ0) is 22.4. The summed E-state index contributed by atoms with van der Waals surface area (Å²) < 4.78 is 33.0. The molecule has 1 aromatic heterocycles. The van der Waals surface area contributed by atoms with Gasteiger partial charge in [0.1, 0.15) is 35.0 Å². The molecule has 1 saturated heterocycles. The van der Waals surface area contributed by atoms with Crippen LogP contribution in [-0.4, -0.2) is 16.8 Å². The van der Waals surface area contributed by atoms with E-state index in [4.69, 9.17) is 16.0 Å². The van der Waals surface area contributed by atoms with E-state index in [-0.39, 0.29) is 33.2 Å². The number of ketones is 1. The molecule has 1 fully saturated rings. The average molecular weight is 444 g/mol. The molecule has 0 saturated carbocycles. The van der Waals surface area contributed by atoms with E-state index >= 15 is 0 Å². The first-order valence-corrected chi connectivity index (χ1v) is 9.65. The fourth-order valence-electron chi connectivity index (χ4n) is 3.55. The van der Waals surface area contributed by atoms with Crippen LogP contribution in [0, 0.1) is 25.5 Å². The van der Waals surface area contributed by atoms with Crippen molar-refractivity contribution in [3.05, 3.63) is 93.4 Å². The summed E-state index contributed by atoms with van der Waals surface area (Å²) in [5.41, 5.74) is 0.351. The second-order valence-corrected chi connectivity index (χ2v) is 7.59. The summed E-state index contributed by atoms with van der Waals surface area (Å²) in [4.78, 5) is 27.0. The van der Waals surface area contributed by atoms with Crippen molar-refractivity contribution >= 4 is 34.7 Å². The highest BCUT2D eigenvalue weighted by molar-refractivity contribution is 6.51. The van der Waals surface area contributed by atoms with E-state index in [1.54, 1.807) is 19.1 Å². The Hall–Kier alpha value is -3.45. The van der Waals surface area contributed by atoms with Crippen LogP contribution in [0.15, 0.2) is 58.5 Å². The minimum Gasteiger partial charge on any atom is -0.507 e. The van der Waals surface area contributed by atoms with Gasteiger partial charge in [-0.3, -0.25) is 14.5 Å². The quantitative estimate of drug-likeness (QED) is 0.332. The van der Waals surface area contributed by atoms with Gasteiger partial charge in [-0.2, -0.15) is 0 Å². The predicted molar refractivity (Wildman–Crippen MR) is 111 cm³/mol. The number of nitrogens with zero attached hydrogens (tertiary/aromatic N) is 1. The van der Waals surface area contributed by atoms with Crippen molar-refractivity contribution in [3.8, 4) is 0 Å². The number of amides is 1. The van der Waals surface area contributed by atoms with Gasteiger partial charge in [-0.05, 0) is 67.9 Å². The lowest BCUT2D eigenvalue weighted by Gasteiger charge is -2.23. The fraction of sp³-hybridized carbons (Fsp3) is 0.130. The molecule has 0 radical (unpaired) electrons. The Bertz CT molecular complexity index is 1260. The van der Waals surface area contributed by atoms with Crippen LogP contribution in [0.2, 0.25) is 5.02 Å². The molecule has 1 aliphatic rings. The number of carbonyl (C=O) groups excluding carboxylic acids is 2. The summed E-state index contributed by atoms with van der Waals surface area (Å²) in [6, 6.07) is 9.53. The number of aliphatic hydroxyl groups excluding tert-OH is 1. The molecule has 0 bridgehead atoms. The third-order valence-corrected chi connectivity index (χ3v) is 5.38. The number of furan rings is 1. The van der Waals surface area contributed by atoms with Crippen LogP contribution >= 0.6 is 11.6 Å². The van der Waals surface area contributed by atoms with Crippen molar-refractivity contribution in [2.45, 2.75) is 19.9 Å². The first-order chi connectivity index (χ1) is 14.7. The second kappa shape index (κ2) is 7.67. The summed E-state index contributed by atoms with van der Waals surface area (Å²) >= 11 is 5.88. The number of aryl methyl sites for hydroxylation is 2. The number of Topliss-reactive ketones (excluding diaryl/α,β-unsaturated/α-hetero) is 1. The average Bonchev–Trinajstić information content (AvgIpc) is 3.27. The fourth-order valence-corrected chi connectivity index (χ4v) is 3.73. The van der Waals surface area contributed by atoms with Crippen molar-refractivity contribution in [1.82, 2.24) is 0 Å². The zero-order valence-electron chi connectivity index (χ0n) is 16.4. The van der Waals surface area contributed by atoms with Gasteiger partial charge in [-0.25, -0.2) is 8.78 Å². The van der Waals surface area contributed by atoms with E-state index in [0.29, 0.717) is 5.76 Å². The maximum Gasteiger partial charge on any atom is 0.300 e. The van der Waals surface area contributed by atoms with Crippen LogP contribution < -0.4 is 4.90 Å². The van der Waals surface area contributed by atoms with Gasteiger partial charge in [0, 0.05) is 11.3 Å². The summed E-state index contributed by atoms with van der Waals surface area (Å²) in [6.07, 6.45) is 0. The predicted octanol–water partition coefficient (Wildman–Crippen LogP) is 5.45. The Balaban J connectivity index is 1.95. The molecule has 4 rings (SSSR count). The Kier molecular flexibility index (Phi) is 5.15. The number of rotatable bonds is 3. The molecule has 1 N–H and O–H groups in total. The van der Waals surface area contributed by atoms with Gasteiger partial charge < -0.3 is 9.52 Å².